The number of nitrogens with one attached hydrogen (secondary N) is 4. The van der Waals surface area contributed by atoms with Crippen LogP contribution in [0.5, 0.6) is 0 Å². The number of esters is 1. The lowest BCUT2D eigenvalue weighted by Crippen LogP contribution is -2.56. The fraction of sp³-hybridized carbons (Fsp3) is 0.500. The van der Waals surface area contributed by atoms with Gasteiger partial charge in [-0.15, -0.1) is 0 Å². The maximum atomic E-state index is 12.8. The minimum atomic E-state index is -1.49. The van der Waals surface area contributed by atoms with Crippen LogP contribution in [0, 0.1) is 11.3 Å². The number of carbonyl (C=O) groups is 5. The van der Waals surface area contributed by atoms with Crippen LogP contribution in [0.4, 0.5) is 0 Å². The first-order valence-corrected chi connectivity index (χ1v) is 11.5. The summed E-state index contributed by atoms with van der Waals surface area (Å²) in [5.41, 5.74) is 6.02. The van der Waals surface area contributed by atoms with Crippen molar-refractivity contribution in [3.05, 3.63) is 35.4 Å². The zero-order valence-electron chi connectivity index (χ0n) is 21.1. The smallest absolute Gasteiger partial charge is 0.328 e. The fourth-order valence-electron chi connectivity index (χ4n) is 3.10. The number of amides is 3. The largest absolute Gasteiger partial charge is 0.481 e. The fourth-order valence-corrected chi connectivity index (χ4v) is 3.10. The molecule has 0 saturated heterocycles. The molecule has 1 rings (SSSR count). The van der Waals surface area contributed by atoms with Crippen LogP contribution in [0.1, 0.15) is 63.4 Å². The number of amidine groups is 1. The molecule has 12 heteroatoms. The van der Waals surface area contributed by atoms with E-state index in [0.717, 1.165) is 0 Å². The number of carbonyl (C=O) groups excluding carboxylic acids is 4. The highest BCUT2D eigenvalue weighted by Gasteiger charge is 2.31. The molecule has 198 valence electrons. The number of carboxylic acid groups (broad SMARTS) is 1. The van der Waals surface area contributed by atoms with E-state index < -0.39 is 60.3 Å². The molecular formula is C24H35N5O7. The molecular weight excluding hydrogens is 470 g/mol. The van der Waals surface area contributed by atoms with Crippen molar-refractivity contribution in [1.82, 2.24) is 16.0 Å². The predicted molar refractivity (Wildman–Crippen MR) is 131 cm³/mol. The first-order valence-electron chi connectivity index (χ1n) is 11.5. The second-order valence-electron chi connectivity index (χ2n) is 9.02. The second kappa shape index (κ2) is 13.8. The lowest BCUT2D eigenvalue weighted by Gasteiger charge is -2.24. The van der Waals surface area contributed by atoms with Gasteiger partial charge in [0.2, 0.25) is 11.8 Å². The summed E-state index contributed by atoms with van der Waals surface area (Å²) in [6, 6.07) is 2.19. The Balaban J connectivity index is 2.90. The van der Waals surface area contributed by atoms with Crippen LogP contribution in [-0.4, -0.2) is 64.8 Å². The van der Waals surface area contributed by atoms with E-state index in [9.17, 15) is 29.1 Å². The molecule has 0 unspecified atom stereocenters. The predicted octanol–water partition coefficient (Wildman–Crippen LogP) is 0.531. The van der Waals surface area contributed by atoms with Gasteiger partial charge in [-0.25, -0.2) is 4.79 Å². The van der Waals surface area contributed by atoms with Crippen molar-refractivity contribution in [2.24, 2.45) is 11.7 Å². The Hall–Kier alpha value is -3.96. The number of aliphatic carboxylic acids is 1. The normalized spacial score (nSPS) is 13.3. The second-order valence-corrected chi connectivity index (χ2v) is 9.02. The minimum absolute atomic E-state index is 0.0160. The number of hydrogen-bond acceptors (Lipinski definition) is 7. The van der Waals surface area contributed by atoms with Crippen LogP contribution in [-0.2, 0) is 23.9 Å². The molecule has 0 aliphatic carbocycles. The molecule has 0 saturated carbocycles. The number of nitrogen functional groups attached to an aromatic ring is 1. The van der Waals surface area contributed by atoms with Crippen LogP contribution >= 0.6 is 0 Å². The Morgan fingerprint density at radius 1 is 0.889 bits per heavy atom. The van der Waals surface area contributed by atoms with Crippen LogP contribution in [0.15, 0.2) is 24.3 Å². The van der Waals surface area contributed by atoms with Gasteiger partial charge in [0.25, 0.3) is 5.91 Å². The number of rotatable bonds is 13. The van der Waals surface area contributed by atoms with Gasteiger partial charge < -0.3 is 31.5 Å². The lowest BCUT2D eigenvalue weighted by molar-refractivity contribution is -0.152. The van der Waals surface area contributed by atoms with E-state index in [1.807, 2.05) is 13.8 Å². The molecule has 12 nitrogen and oxygen atoms in total. The van der Waals surface area contributed by atoms with Gasteiger partial charge in [0.15, 0.2) is 0 Å². The molecule has 0 spiro atoms. The number of carboxylic acids is 1. The molecule has 1 aromatic rings. The van der Waals surface area contributed by atoms with Gasteiger partial charge in [0.1, 0.15) is 24.0 Å². The van der Waals surface area contributed by atoms with E-state index in [4.69, 9.17) is 15.9 Å². The van der Waals surface area contributed by atoms with Gasteiger partial charge in [0.05, 0.1) is 12.5 Å². The zero-order valence-corrected chi connectivity index (χ0v) is 21.1. The van der Waals surface area contributed by atoms with Crippen molar-refractivity contribution in [3.63, 3.8) is 0 Å². The average Bonchev–Trinajstić information content (AvgIpc) is 2.76. The highest BCUT2D eigenvalue weighted by atomic mass is 16.5. The van der Waals surface area contributed by atoms with E-state index in [-0.39, 0.29) is 23.7 Å². The van der Waals surface area contributed by atoms with Crippen molar-refractivity contribution >= 4 is 35.5 Å². The van der Waals surface area contributed by atoms with E-state index in [2.05, 4.69) is 16.0 Å². The number of nitrogens with two attached hydrogens (primary N) is 1. The first kappa shape index (κ1) is 30.1. The molecule has 3 amide bonds. The molecule has 0 fully saturated rings. The van der Waals surface area contributed by atoms with Crippen LogP contribution in [0.2, 0.25) is 0 Å². The summed E-state index contributed by atoms with van der Waals surface area (Å²) in [6.07, 6.45) is -0.903. The molecule has 7 N–H and O–H groups in total. The summed E-state index contributed by atoms with van der Waals surface area (Å²) >= 11 is 0. The van der Waals surface area contributed by atoms with Gasteiger partial charge in [-0.1, -0.05) is 26.0 Å². The van der Waals surface area contributed by atoms with Gasteiger partial charge in [-0.3, -0.25) is 24.6 Å². The molecule has 36 heavy (non-hydrogen) atoms. The highest BCUT2D eigenvalue weighted by molar-refractivity contribution is 6.00. The average molecular weight is 506 g/mol. The summed E-state index contributed by atoms with van der Waals surface area (Å²) in [5, 5.41) is 23.9. The van der Waals surface area contributed by atoms with Crippen molar-refractivity contribution in [1.29, 1.82) is 5.41 Å². The standard InChI is InChI=1S/C24H35N5O7/c1-12(2)10-18(24(35)36-13(3)4)29-23(34)17(11-19(30)31)28-21(32)14(5)27-22(33)16-8-6-15(7-9-16)20(25)26/h6-9,12-14,17-18H,10-11H2,1-5H3,(H3,25,26)(H,27,33)(H,28,32)(H,29,34)(H,30,31)/t14-,17-,18-/m0/s1. The molecule has 0 aromatic heterocycles. The molecule has 3 atom stereocenters. The minimum Gasteiger partial charge on any atom is -0.481 e. The maximum absolute atomic E-state index is 12.8. The van der Waals surface area contributed by atoms with E-state index in [1.165, 1.54) is 31.2 Å². The summed E-state index contributed by atoms with van der Waals surface area (Å²) in [7, 11) is 0. The first-order chi connectivity index (χ1) is 16.7. The van der Waals surface area contributed by atoms with Gasteiger partial charge in [0, 0.05) is 11.1 Å². The monoisotopic (exact) mass is 505 g/mol. The number of hydrogen-bond donors (Lipinski definition) is 6. The van der Waals surface area contributed by atoms with Crippen LogP contribution in [0.3, 0.4) is 0 Å². The molecule has 0 heterocycles. The topological polar surface area (TPSA) is 201 Å². The molecule has 0 aliphatic heterocycles. The van der Waals surface area contributed by atoms with Gasteiger partial charge >= 0.3 is 11.9 Å². The maximum Gasteiger partial charge on any atom is 0.328 e. The Kier molecular flexibility index (Phi) is 11.5. The number of benzene rings is 1. The quantitative estimate of drug-likeness (QED) is 0.127. The summed E-state index contributed by atoms with van der Waals surface area (Å²) < 4.78 is 5.18. The van der Waals surface area contributed by atoms with Crippen molar-refractivity contribution in [2.75, 3.05) is 0 Å². The zero-order chi connectivity index (χ0) is 27.6. The highest BCUT2D eigenvalue weighted by Crippen LogP contribution is 2.09. The van der Waals surface area contributed by atoms with E-state index >= 15 is 0 Å². The lowest BCUT2D eigenvalue weighted by atomic mass is 10.0. The van der Waals surface area contributed by atoms with Crippen molar-refractivity contribution in [3.8, 4) is 0 Å². The van der Waals surface area contributed by atoms with Crippen molar-refractivity contribution in [2.45, 2.75) is 71.7 Å². The van der Waals surface area contributed by atoms with Crippen LogP contribution in [0.25, 0.3) is 0 Å². The third-order valence-electron chi connectivity index (χ3n) is 4.87. The third-order valence-corrected chi connectivity index (χ3v) is 4.87. The van der Waals surface area contributed by atoms with E-state index in [0.29, 0.717) is 5.56 Å². The summed E-state index contributed by atoms with van der Waals surface area (Å²) in [6.45, 7) is 8.38. The van der Waals surface area contributed by atoms with Crippen LogP contribution < -0.4 is 21.7 Å². The summed E-state index contributed by atoms with van der Waals surface area (Å²) in [5.74, 6) is -4.41. The molecule has 0 radical (unpaired) electrons. The SMILES string of the molecule is CC(C)C[C@H](NC(=O)[C@H](CC(=O)O)NC(=O)[C@H](C)NC(=O)c1ccc(C(=N)N)cc1)C(=O)OC(C)C. The Bertz CT molecular complexity index is 976. The number of ether oxygens (including phenoxy) is 1. The Morgan fingerprint density at radius 3 is 1.89 bits per heavy atom. The Labute approximate surface area is 209 Å². The molecule has 0 aliphatic rings. The third kappa shape index (κ3) is 10.1. The molecule has 0 bridgehead atoms. The summed E-state index contributed by atoms with van der Waals surface area (Å²) in [4.78, 5) is 61.7. The molecule has 1 aromatic carbocycles. The Morgan fingerprint density at radius 2 is 1.42 bits per heavy atom. The van der Waals surface area contributed by atoms with Crippen molar-refractivity contribution < 1.29 is 33.8 Å². The van der Waals surface area contributed by atoms with Gasteiger partial charge in [-0.2, -0.15) is 0 Å². The van der Waals surface area contributed by atoms with Gasteiger partial charge in [-0.05, 0) is 45.2 Å². The van der Waals surface area contributed by atoms with E-state index in [1.54, 1.807) is 13.8 Å².